The Morgan fingerprint density at radius 1 is 1.22 bits per heavy atom. The minimum Gasteiger partial charge on any atom is -0.467 e. The van der Waals surface area contributed by atoms with E-state index in [4.69, 9.17) is 4.74 Å². The van der Waals surface area contributed by atoms with Crippen molar-refractivity contribution in [3.63, 3.8) is 0 Å². The Bertz CT molecular complexity index is 888. The van der Waals surface area contributed by atoms with Crippen molar-refractivity contribution < 1.29 is 14.3 Å². The molecule has 144 valence electrons. The van der Waals surface area contributed by atoms with Crippen molar-refractivity contribution >= 4 is 11.9 Å². The molecule has 1 amide bonds. The summed E-state index contributed by atoms with van der Waals surface area (Å²) < 4.78 is 6.30. The minimum atomic E-state index is -0.822. The Labute approximate surface area is 158 Å². The van der Waals surface area contributed by atoms with Gasteiger partial charge in [0.25, 0.3) is 11.5 Å². The molecule has 0 fully saturated rings. The fourth-order valence-electron chi connectivity index (χ4n) is 2.76. The second-order valence-corrected chi connectivity index (χ2v) is 6.79. The van der Waals surface area contributed by atoms with Gasteiger partial charge in [0.2, 0.25) is 0 Å². The quantitative estimate of drug-likeness (QED) is 0.783. The molecule has 0 aliphatic carbocycles. The smallest absolute Gasteiger partial charge is 0.328 e. The molecule has 0 saturated heterocycles. The van der Waals surface area contributed by atoms with Crippen LogP contribution in [0.1, 0.15) is 41.0 Å². The highest BCUT2D eigenvalue weighted by Gasteiger charge is 2.27. The van der Waals surface area contributed by atoms with Gasteiger partial charge in [-0.25, -0.2) is 4.79 Å². The zero-order valence-electron chi connectivity index (χ0n) is 16.3. The lowest BCUT2D eigenvalue weighted by atomic mass is 10.0. The van der Waals surface area contributed by atoms with Crippen molar-refractivity contribution in [1.82, 2.24) is 14.9 Å². The standard InChI is InChI=1S/C20H25N3O4/c1-12(2)17(20(26)27-5)22-18(24)16-10-13(3)14(4)23(19(16)25)11-15-6-8-21-9-7-15/h6-10,12,17H,11H2,1-5H3,(H,22,24). The third-order valence-corrected chi connectivity index (χ3v) is 4.56. The second-order valence-electron chi connectivity index (χ2n) is 6.79. The Balaban J connectivity index is 2.41. The lowest BCUT2D eigenvalue weighted by molar-refractivity contribution is -0.144. The molecular formula is C20H25N3O4. The number of hydrogen-bond donors (Lipinski definition) is 1. The molecule has 1 atom stereocenters. The van der Waals surface area contributed by atoms with Crippen molar-refractivity contribution in [3.05, 3.63) is 63.3 Å². The van der Waals surface area contributed by atoms with Gasteiger partial charge in [0.15, 0.2) is 0 Å². The van der Waals surface area contributed by atoms with Gasteiger partial charge in [-0.1, -0.05) is 13.8 Å². The summed E-state index contributed by atoms with van der Waals surface area (Å²) >= 11 is 0. The Kier molecular flexibility index (Phi) is 6.50. The van der Waals surface area contributed by atoms with Gasteiger partial charge in [0.05, 0.1) is 13.7 Å². The molecule has 0 bridgehead atoms. The zero-order valence-corrected chi connectivity index (χ0v) is 16.3. The number of hydrogen-bond acceptors (Lipinski definition) is 5. The summed E-state index contributed by atoms with van der Waals surface area (Å²) in [5.74, 6) is -1.30. The van der Waals surface area contributed by atoms with Crippen LogP contribution in [0.15, 0.2) is 35.4 Å². The van der Waals surface area contributed by atoms with E-state index in [9.17, 15) is 14.4 Å². The number of methoxy groups -OCH3 is 1. The normalized spacial score (nSPS) is 11.9. The summed E-state index contributed by atoms with van der Waals surface area (Å²) in [5, 5.41) is 2.63. The third-order valence-electron chi connectivity index (χ3n) is 4.56. The fourth-order valence-corrected chi connectivity index (χ4v) is 2.76. The first kappa shape index (κ1) is 20.4. The molecule has 0 spiro atoms. The maximum atomic E-state index is 12.9. The van der Waals surface area contributed by atoms with Crippen molar-refractivity contribution in [2.24, 2.45) is 5.92 Å². The Hall–Kier alpha value is -2.96. The lowest BCUT2D eigenvalue weighted by Gasteiger charge is -2.20. The second kappa shape index (κ2) is 8.62. The van der Waals surface area contributed by atoms with Gasteiger partial charge >= 0.3 is 5.97 Å². The highest BCUT2D eigenvalue weighted by atomic mass is 16.5. The first-order valence-electron chi connectivity index (χ1n) is 8.74. The van der Waals surface area contributed by atoms with E-state index in [0.29, 0.717) is 6.54 Å². The van der Waals surface area contributed by atoms with Crippen LogP contribution in [0.5, 0.6) is 0 Å². The van der Waals surface area contributed by atoms with E-state index >= 15 is 0 Å². The fraction of sp³-hybridized carbons (Fsp3) is 0.400. The van der Waals surface area contributed by atoms with Crippen LogP contribution < -0.4 is 10.9 Å². The van der Waals surface area contributed by atoms with Gasteiger partial charge in [0, 0.05) is 18.1 Å². The van der Waals surface area contributed by atoms with E-state index in [1.54, 1.807) is 36.9 Å². The number of carbonyl (C=O) groups is 2. The number of aryl methyl sites for hydroxylation is 1. The number of esters is 1. The predicted octanol–water partition coefficient (Wildman–Crippen LogP) is 1.84. The van der Waals surface area contributed by atoms with Gasteiger partial charge < -0.3 is 14.6 Å². The first-order valence-corrected chi connectivity index (χ1v) is 8.74. The van der Waals surface area contributed by atoms with E-state index in [-0.39, 0.29) is 11.5 Å². The molecular weight excluding hydrogens is 346 g/mol. The molecule has 2 heterocycles. The summed E-state index contributed by atoms with van der Waals surface area (Å²) in [7, 11) is 1.27. The number of aromatic nitrogens is 2. The molecule has 2 aromatic rings. The monoisotopic (exact) mass is 371 g/mol. The van der Waals surface area contributed by atoms with Gasteiger partial charge in [-0.15, -0.1) is 0 Å². The van der Waals surface area contributed by atoms with Crippen LogP contribution in [0.2, 0.25) is 0 Å². The largest absolute Gasteiger partial charge is 0.467 e. The van der Waals surface area contributed by atoms with Gasteiger partial charge in [-0.2, -0.15) is 0 Å². The number of amides is 1. The van der Waals surface area contributed by atoms with Crippen LogP contribution in [-0.2, 0) is 16.1 Å². The summed E-state index contributed by atoms with van der Waals surface area (Å²) in [4.78, 5) is 41.6. The van der Waals surface area contributed by atoms with Crippen LogP contribution in [0.25, 0.3) is 0 Å². The molecule has 2 aromatic heterocycles. The Morgan fingerprint density at radius 3 is 2.41 bits per heavy atom. The van der Waals surface area contributed by atoms with Gasteiger partial charge in [-0.05, 0) is 49.1 Å². The average molecular weight is 371 g/mol. The molecule has 0 aliphatic rings. The van der Waals surface area contributed by atoms with E-state index in [2.05, 4.69) is 10.3 Å². The Morgan fingerprint density at radius 2 is 1.85 bits per heavy atom. The predicted molar refractivity (Wildman–Crippen MR) is 102 cm³/mol. The van der Waals surface area contributed by atoms with E-state index < -0.39 is 23.5 Å². The van der Waals surface area contributed by atoms with Crippen LogP contribution in [0, 0.1) is 19.8 Å². The lowest BCUT2D eigenvalue weighted by Crippen LogP contribution is -2.46. The topological polar surface area (TPSA) is 90.3 Å². The minimum absolute atomic E-state index is 0.00158. The van der Waals surface area contributed by atoms with Crippen molar-refractivity contribution in [2.45, 2.75) is 40.3 Å². The average Bonchev–Trinajstić information content (AvgIpc) is 2.65. The maximum absolute atomic E-state index is 12.9. The molecule has 1 unspecified atom stereocenters. The van der Waals surface area contributed by atoms with E-state index in [1.807, 2.05) is 26.0 Å². The molecule has 0 aromatic carbocycles. The van der Waals surface area contributed by atoms with E-state index in [1.165, 1.54) is 7.11 Å². The number of nitrogens with zero attached hydrogens (tertiary/aromatic N) is 2. The van der Waals surface area contributed by atoms with Crippen molar-refractivity contribution in [2.75, 3.05) is 7.11 Å². The number of rotatable bonds is 6. The van der Waals surface area contributed by atoms with Gasteiger partial charge in [-0.3, -0.25) is 14.6 Å². The van der Waals surface area contributed by atoms with Crippen molar-refractivity contribution in [1.29, 1.82) is 0 Å². The molecule has 0 radical (unpaired) electrons. The maximum Gasteiger partial charge on any atom is 0.328 e. The van der Waals surface area contributed by atoms with E-state index in [0.717, 1.165) is 16.8 Å². The van der Waals surface area contributed by atoms with Crippen LogP contribution in [0.3, 0.4) is 0 Å². The molecule has 0 saturated carbocycles. The summed E-state index contributed by atoms with van der Waals surface area (Å²) in [6.45, 7) is 7.60. The number of pyridine rings is 2. The molecule has 1 N–H and O–H groups in total. The van der Waals surface area contributed by atoms with Crippen LogP contribution in [0.4, 0.5) is 0 Å². The summed E-state index contributed by atoms with van der Waals surface area (Å²) in [6, 6.07) is 4.38. The summed E-state index contributed by atoms with van der Waals surface area (Å²) in [5.41, 5.74) is 2.10. The van der Waals surface area contributed by atoms with Crippen molar-refractivity contribution in [3.8, 4) is 0 Å². The first-order chi connectivity index (χ1) is 12.8. The van der Waals surface area contributed by atoms with Crippen LogP contribution >= 0.6 is 0 Å². The highest BCUT2D eigenvalue weighted by molar-refractivity contribution is 5.96. The summed E-state index contributed by atoms with van der Waals surface area (Å²) in [6.07, 6.45) is 3.31. The molecule has 27 heavy (non-hydrogen) atoms. The SMILES string of the molecule is COC(=O)C(NC(=O)c1cc(C)c(C)n(Cc2ccncc2)c1=O)C(C)C. The molecule has 7 heteroatoms. The number of carbonyl (C=O) groups excluding carboxylic acids is 2. The van der Waals surface area contributed by atoms with Gasteiger partial charge in [0.1, 0.15) is 11.6 Å². The molecule has 2 rings (SSSR count). The highest BCUT2D eigenvalue weighted by Crippen LogP contribution is 2.11. The third kappa shape index (κ3) is 4.61. The molecule has 7 nitrogen and oxygen atoms in total. The molecule has 0 aliphatic heterocycles. The van der Waals surface area contributed by atoms with Crippen LogP contribution in [-0.4, -0.2) is 34.6 Å². The number of ether oxygens (including phenoxy) is 1. The number of nitrogens with one attached hydrogen (secondary N) is 1. The zero-order chi connectivity index (χ0) is 20.1.